The van der Waals surface area contributed by atoms with Gasteiger partial charge in [0.05, 0.1) is 11.2 Å². The maximum atomic E-state index is 13.1. The van der Waals surface area contributed by atoms with Gasteiger partial charge in [0.15, 0.2) is 11.6 Å². The van der Waals surface area contributed by atoms with Gasteiger partial charge in [0.1, 0.15) is 0 Å². The van der Waals surface area contributed by atoms with Crippen molar-refractivity contribution in [1.29, 1.82) is 0 Å². The van der Waals surface area contributed by atoms with Gasteiger partial charge < -0.3 is 0 Å². The molecule has 2 aromatic rings. The first kappa shape index (κ1) is 10.1. The van der Waals surface area contributed by atoms with E-state index < -0.39 is 11.6 Å². The van der Waals surface area contributed by atoms with Crippen LogP contribution in [0.25, 0.3) is 10.9 Å². The molecular formula is C11H12F2N2. The molecule has 0 bridgehead atoms. The standard InChI is InChI=1S/C11H12F2N2/c1-3-4-15-11-6-10(13)9(12)5-8(11)7(2)14-15/h5-6H,3-4H2,1-2H3. The molecule has 0 N–H and O–H groups in total. The maximum absolute atomic E-state index is 13.1. The molecule has 0 fully saturated rings. The van der Waals surface area contributed by atoms with Crippen LogP contribution in [0.1, 0.15) is 19.0 Å². The number of fused-ring (bicyclic) bond motifs is 1. The van der Waals surface area contributed by atoms with E-state index in [0.717, 1.165) is 18.7 Å². The summed E-state index contributed by atoms with van der Waals surface area (Å²) in [5.41, 5.74) is 1.39. The monoisotopic (exact) mass is 210 g/mol. The highest BCUT2D eigenvalue weighted by molar-refractivity contribution is 5.81. The Bertz CT molecular complexity index is 503. The SMILES string of the molecule is CCCn1nc(C)c2cc(F)c(F)cc21. The van der Waals surface area contributed by atoms with Crippen LogP contribution in [0.3, 0.4) is 0 Å². The quantitative estimate of drug-likeness (QED) is 0.745. The third-order valence-electron chi connectivity index (χ3n) is 2.41. The van der Waals surface area contributed by atoms with Crippen molar-refractivity contribution >= 4 is 10.9 Å². The normalized spacial score (nSPS) is 11.2. The van der Waals surface area contributed by atoms with Crippen LogP contribution in [-0.2, 0) is 6.54 Å². The summed E-state index contributed by atoms with van der Waals surface area (Å²) in [6.45, 7) is 4.53. The van der Waals surface area contributed by atoms with Gasteiger partial charge in [0.2, 0.25) is 0 Å². The van der Waals surface area contributed by atoms with Crippen molar-refractivity contribution in [3.63, 3.8) is 0 Å². The van der Waals surface area contributed by atoms with Gasteiger partial charge in [-0.15, -0.1) is 0 Å². The zero-order chi connectivity index (χ0) is 11.0. The molecule has 2 nitrogen and oxygen atoms in total. The fourth-order valence-corrected chi connectivity index (χ4v) is 1.71. The third kappa shape index (κ3) is 1.60. The van der Waals surface area contributed by atoms with Gasteiger partial charge in [-0.1, -0.05) is 6.92 Å². The Labute approximate surface area is 86.5 Å². The van der Waals surface area contributed by atoms with E-state index in [1.54, 1.807) is 11.6 Å². The molecule has 0 saturated heterocycles. The molecule has 1 heterocycles. The Hall–Kier alpha value is -1.45. The molecule has 2 rings (SSSR count). The largest absolute Gasteiger partial charge is 0.265 e. The molecule has 15 heavy (non-hydrogen) atoms. The second-order valence-corrected chi connectivity index (χ2v) is 3.59. The molecule has 0 atom stereocenters. The minimum absolute atomic E-state index is 0.660. The van der Waals surface area contributed by atoms with Gasteiger partial charge in [0.25, 0.3) is 0 Å². The molecule has 0 amide bonds. The van der Waals surface area contributed by atoms with Crippen molar-refractivity contribution in [2.24, 2.45) is 0 Å². The lowest BCUT2D eigenvalue weighted by Crippen LogP contribution is -1.99. The van der Waals surface area contributed by atoms with Crippen molar-refractivity contribution in [3.8, 4) is 0 Å². The van der Waals surface area contributed by atoms with E-state index in [-0.39, 0.29) is 0 Å². The predicted molar refractivity (Wildman–Crippen MR) is 54.7 cm³/mol. The van der Waals surface area contributed by atoms with Crippen molar-refractivity contribution in [3.05, 3.63) is 29.5 Å². The zero-order valence-electron chi connectivity index (χ0n) is 8.72. The van der Waals surface area contributed by atoms with Gasteiger partial charge in [-0.25, -0.2) is 8.78 Å². The van der Waals surface area contributed by atoms with Crippen LogP contribution >= 0.6 is 0 Å². The lowest BCUT2D eigenvalue weighted by Gasteiger charge is -2.00. The highest BCUT2D eigenvalue weighted by Gasteiger charge is 2.11. The second kappa shape index (κ2) is 3.61. The number of halogens is 2. The number of rotatable bonds is 2. The number of hydrogen-bond donors (Lipinski definition) is 0. The fourth-order valence-electron chi connectivity index (χ4n) is 1.71. The number of aryl methyl sites for hydroxylation is 2. The average molecular weight is 210 g/mol. The van der Waals surface area contributed by atoms with E-state index in [1.807, 2.05) is 6.92 Å². The molecule has 0 aliphatic rings. The van der Waals surface area contributed by atoms with Crippen LogP contribution in [0.4, 0.5) is 8.78 Å². The number of hydrogen-bond acceptors (Lipinski definition) is 1. The smallest absolute Gasteiger partial charge is 0.161 e. The summed E-state index contributed by atoms with van der Waals surface area (Å²) in [4.78, 5) is 0. The van der Waals surface area contributed by atoms with E-state index in [0.29, 0.717) is 10.9 Å². The summed E-state index contributed by atoms with van der Waals surface area (Å²) in [5, 5.41) is 4.93. The highest BCUT2D eigenvalue weighted by atomic mass is 19.2. The zero-order valence-corrected chi connectivity index (χ0v) is 8.72. The molecule has 0 radical (unpaired) electrons. The summed E-state index contributed by atoms with van der Waals surface area (Å²) in [6, 6.07) is 2.42. The third-order valence-corrected chi connectivity index (χ3v) is 2.41. The van der Waals surface area contributed by atoms with Gasteiger partial charge in [-0.05, 0) is 19.4 Å². The summed E-state index contributed by atoms with van der Waals surface area (Å²) >= 11 is 0. The fraction of sp³-hybridized carbons (Fsp3) is 0.364. The Morgan fingerprint density at radius 2 is 1.93 bits per heavy atom. The first-order valence-corrected chi connectivity index (χ1v) is 4.95. The van der Waals surface area contributed by atoms with Crippen LogP contribution < -0.4 is 0 Å². The Kier molecular flexibility index (Phi) is 2.42. The van der Waals surface area contributed by atoms with E-state index >= 15 is 0 Å². The minimum atomic E-state index is -0.820. The minimum Gasteiger partial charge on any atom is -0.265 e. The average Bonchev–Trinajstić information content (AvgIpc) is 2.46. The van der Waals surface area contributed by atoms with E-state index in [4.69, 9.17) is 0 Å². The summed E-state index contributed by atoms with van der Waals surface area (Å²) in [6.07, 6.45) is 0.912. The molecule has 80 valence electrons. The molecular weight excluding hydrogens is 198 g/mol. The lowest BCUT2D eigenvalue weighted by molar-refractivity contribution is 0.509. The molecule has 1 aromatic carbocycles. The van der Waals surface area contributed by atoms with Crippen LogP contribution in [0, 0.1) is 18.6 Å². The Morgan fingerprint density at radius 3 is 2.60 bits per heavy atom. The van der Waals surface area contributed by atoms with Crippen molar-refractivity contribution < 1.29 is 8.78 Å². The van der Waals surface area contributed by atoms with Crippen LogP contribution in [0.15, 0.2) is 12.1 Å². The molecule has 0 unspecified atom stereocenters. The predicted octanol–water partition coefficient (Wildman–Crippen LogP) is 3.03. The first-order chi connectivity index (χ1) is 7.13. The van der Waals surface area contributed by atoms with Crippen molar-refractivity contribution in [2.45, 2.75) is 26.8 Å². The van der Waals surface area contributed by atoms with Crippen molar-refractivity contribution in [1.82, 2.24) is 9.78 Å². The number of aromatic nitrogens is 2. The van der Waals surface area contributed by atoms with Crippen LogP contribution in [0.5, 0.6) is 0 Å². The van der Waals surface area contributed by atoms with E-state index in [2.05, 4.69) is 5.10 Å². The number of nitrogens with zero attached hydrogens (tertiary/aromatic N) is 2. The lowest BCUT2D eigenvalue weighted by atomic mass is 10.2. The molecule has 1 aromatic heterocycles. The van der Waals surface area contributed by atoms with Gasteiger partial charge in [-0.2, -0.15) is 5.10 Å². The Balaban J connectivity index is 2.70. The summed E-state index contributed by atoms with van der Waals surface area (Å²) in [7, 11) is 0. The first-order valence-electron chi connectivity index (χ1n) is 4.95. The van der Waals surface area contributed by atoms with E-state index in [1.165, 1.54) is 12.1 Å². The Morgan fingerprint density at radius 1 is 1.27 bits per heavy atom. The molecule has 0 saturated carbocycles. The highest BCUT2D eigenvalue weighted by Crippen LogP contribution is 2.21. The van der Waals surface area contributed by atoms with Gasteiger partial charge in [0, 0.05) is 18.0 Å². The van der Waals surface area contributed by atoms with Gasteiger partial charge in [-0.3, -0.25) is 4.68 Å². The van der Waals surface area contributed by atoms with Crippen molar-refractivity contribution in [2.75, 3.05) is 0 Å². The number of benzene rings is 1. The maximum Gasteiger partial charge on any atom is 0.161 e. The van der Waals surface area contributed by atoms with Crippen LogP contribution in [0.2, 0.25) is 0 Å². The molecule has 0 aliphatic carbocycles. The topological polar surface area (TPSA) is 17.8 Å². The molecule has 4 heteroatoms. The van der Waals surface area contributed by atoms with Gasteiger partial charge >= 0.3 is 0 Å². The second-order valence-electron chi connectivity index (χ2n) is 3.59. The molecule has 0 aliphatic heterocycles. The summed E-state index contributed by atoms with van der Waals surface area (Å²) in [5.74, 6) is -1.64. The van der Waals surface area contributed by atoms with Crippen LogP contribution in [-0.4, -0.2) is 9.78 Å². The molecule has 0 spiro atoms. The van der Waals surface area contributed by atoms with E-state index in [9.17, 15) is 8.78 Å². The summed E-state index contributed by atoms with van der Waals surface area (Å²) < 4.78 is 27.8.